The SMILES string of the molecule is Cc1ccc(-c2nc3ccccc3c(C(=O)NCCCN3CCN(CCCNC(=O)c4c(C)c(-c5ccc(C)cc5)nc5ccccc45)CC3)c2C)cc1. The molecule has 1 fully saturated rings. The first-order valence-corrected chi connectivity index (χ1v) is 19.2. The molecule has 0 spiro atoms. The molecule has 2 amide bonds. The van der Waals surface area contributed by atoms with Gasteiger partial charge in [0.05, 0.1) is 33.5 Å². The molecule has 0 atom stereocenters. The summed E-state index contributed by atoms with van der Waals surface area (Å²) in [6.07, 6.45) is 1.78. The highest BCUT2D eigenvalue weighted by molar-refractivity contribution is 6.09. The average Bonchev–Trinajstić information content (AvgIpc) is 3.19. The highest BCUT2D eigenvalue weighted by atomic mass is 16.2. The van der Waals surface area contributed by atoms with Crippen LogP contribution in [0.15, 0.2) is 97.1 Å². The van der Waals surface area contributed by atoms with Gasteiger partial charge in [-0.3, -0.25) is 9.59 Å². The first-order valence-electron chi connectivity index (χ1n) is 19.2. The summed E-state index contributed by atoms with van der Waals surface area (Å²) < 4.78 is 0. The van der Waals surface area contributed by atoms with Crippen LogP contribution in [-0.2, 0) is 0 Å². The van der Waals surface area contributed by atoms with Crippen molar-refractivity contribution in [2.24, 2.45) is 0 Å². The van der Waals surface area contributed by atoms with E-state index in [0.717, 1.165) is 108 Å². The number of pyridine rings is 2. The van der Waals surface area contributed by atoms with Gasteiger partial charge in [-0.15, -0.1) is 0 Å². The van der Waals surface area contributed by atoms with Crippen LogP contribution in [0.2, 0.25) is 0 Å². The Morgan fingerprint density at radius 2 is 0.907 bits per heavy atom. The van der Waals surface area contributed by atoms with Crippen LogP contribution in [-0.4, -0.2) is 83.9 Å². The summed E-state index contributed by atoms with van der Waals surface area (Å²) in [6.45, 7) is 15.3. The number of rotatable bonds is 12. The topological polar surface area (TPSA) is 90.5 Å². The maximum absolute atomic E-state index is 13.6. The molecule has 1 aliphatic heterocycles. The molecule has 0 unspecified atom stereocenters. The van der Waals surface area contributed by atoms with E-state index >= 15 is 0 Å². The summed E-state index contributed by atoms with van der Waals surface area (Å²) >= 11 is 0. The van der Waals surface area contributed by atoms with Crippen molar-refractivity contribution in [3.8, 4) is 22.5 Å². The first-order chi connectivity index (χ1) is 26.3. The van der Waals surface area contributed by atoms with Gasteiger partial charge < -0.3 is 20.4 Å². The highest BCUT2D eigenvalue weighted by Crippen LogP contribution is 2.31. The maximum Gasteiger partial charge on any atom is 0.252 e. The molecule has 0 saturated carbocycles. The number of aromatic nitrogens is 2. The number of piperazine rings is 1. The number of fused-ring (bicyclic) bond motifs is 2. The fourth-order valence-corrected chi connectivity index (χ4v) is 7.61. The van der Waals surface area contributed by atoms with E-state index in [0.29, 0.717) is 24.2 Å². The fraction of sp³-hybridized carbons (Fsp3) is 0.304. The number of para-hydroxylation sites is 2. The molecule has 1 saturated heterocycles. The van der Waals surface area contributed by atoms with Gasteiger partial charge in [0, 0.05) is 61.2 Å². The number of benzene rings is 4. The number of aryl methyl sites for hydroxylation is 2. The Morgan fingerprint density at radius 1 is 0.537 bits per heavy atom. The molecule has 54 heavy (non-hydrogen) atoms. The summed E-state index contributed by atoms with van der Waals surface area (Å²) in [6, 6.07) is 32.4. The molecule has 0 radical (unpaired) electrons. The van der Waals surface area contributed by atoms with Gasteiger partial charge in [-0.1, -0.05) is 96.1 Å². The van der Waals surface area contributed by atoms with Crippen molar-refractivity contribution in [1.29, 1.82) is 0 Å². The monoisotopic (exact) mass is 718 g/mol. The third-order valence-electron chi connectivity index (χ3n) is 10.7. The van der Waals surface area contributed by atoms with E-state index in [2.05, 4.69) is 82.8 Å². The van der Waals surface area contributed by atoms with Crippen molar-refractivity contribution in [2.45, 2.75) is 40.5 Å². The Morgan fingerprint density at radius 3 is 1.30 bits per heavy atom. The van der Waals surface area contributed by atoms with Gasteiger partial charge in [0.25, 0.3) is 11.8 Å². The second-order valence-electron chi connectivity index (χ2n) is 14.6. The molecule has 1 aliphatic rings. The lowest BCUT2D eigenvalue weighted by Crippen LogP contribution is -2.47. The largest absolute Gasteiger partial charge is 0.352 e. The van der Waals surface area contributed by atoms with Gasteiger partial charge >= 0.3 is 0 Å². The highest BCUT2D eigenvalue weighted by Gasteiger charge is 2.21. The van der Waals surface area contributed by atoms with Crippen molar-refractivity contribution in [3.63, 3.8) is 0 Å². The zero-order chi connectivity index (χ0) is 37.6. The molecule has 0 aliphatic carbocycles. The number of nitrogens with one attached hydrogen (secondary N) is 2. The molecule has 0 bridgehead atoms. The molecule has 4 aromatic carbocycles. The van der Waals surface area contributed by atoms with Gasteiger partial charge in [0.2, 0.25) is 0 Å². The van der Waals surface area contributed by atoms with E-state index in [-0.39, 0.29) is 11.8 Å². The van der Waals surface area contributed by atoms with E-state index in [4.69, 9.17) is 9.97 Å². The van der Waals surface area contributed by atoms with Crippen LogP contribution in [0.4, 0.5) is 0 Å². The van der Waals surface area contributed by atoms with E-state index < -0.39 is 0 Å². The Balaban J connectivity index is 0.870. The normalized spacial score (nSPS) is 13.7. The van der Waals surface area contributed by atoms with Gasteiger partial charge in [0.15, 0.2) is 0 Å². The molecule has 2 aromatic heterocycles. The van der Waals surface area contributed by atoms with Crippen LogP contribution >= 0.6 is 0 Å². The minimum Gasteiger partial charge on any atom is -0.352 e. The first kappa shape index (κ1) is 36.9. The summed E-state index contributed by atoms with van der Waals surface area (Å²) in [5.74, 6) is -0.0919. The number of hydrogen-bond acceptors (Lipinski definition) is 6. The molecule has 6 aromatic rings. The molecule has 276 valence electrons. The second kappa shape index (κ2) is 16.7. The summed E-state index contributed by atoms with van der Waals surface area (Å²) in [7, 11) is 0. The van der Waals surface area contributed by atoms with Crippen LogP contribution < -0.4 is 10.6 Å². The van der Waals surface area contributed by atoms with Crippen molar-refractivity contribution in [3.05, 3.63) is 130 Å². The average molecular weight is 719 g/mol. The van der Waals surface area contributed by atoms with E-state index in [1.807, 2.05) is 62.4 Å². The van der Waals surface area contributed by atoms with Crippen molar-refractivity contribution in [1.82, 2.24) is 30.4 Å². The van der Waals surface area contributed by atoms with E-state index in [1.165, 1.54) is 11.1 Å². The Labute approximate surface area is 318 Å². The number of hydrogen-bond donors (Lipinski definition) is 2. The minimum atomic E-state index is -0.0460. The Kier molecular flexibility index (Phi) is 11.4. The molecule has 8 heteroatoms. The van der Waals surface area contributed by atoms with Crippen LogP contribution in [0, 0.1) is 27.7 Å². The van der Waals surface area contributed by atoms with Crippen LogP contribution in [0.3, 0.4) is 0 Å². The lowest BCUT2D eigenvalue weighted by Gasteiger charge is -2.34. The number of carbonyl (C=O) groups excluding carboxylic acids is 2. The Bertz CT molecular complexity index is 2110. The number of nitrogens with zero attached hydrogens (tertiary/aromatic N) is 4. The third-order valence-corrected chi connectivity index (χ3v) is 10.7. The molecular weight excluding hydrogens is 669 g/mol. The second-order valence-corrected chi connectivity index (χ2v) is 14.6. The molecule has 3 heterocycles. The smallest absolute Gasteiger partial charge is 0.252 e. The molecule has 7 rings (SSSR count). The van der Waals surface area contributed by atoms with Gasteiger partial charge in [-0.2, -0.15) is 0 Å². The fourth-order valence-electron chi connectivity index (χ4n) is 7.61. The quantitative estimate of drug-likeness (QED) is 0.125. The van der Waals surface area contributed by atoms with Crippen LogP contribution in [0.5, 0.6) is 0 Å². The van der Waals surface area contributed by atoms with Crippen LogP contribution in [0.25, 0.3) is 44.3 Å². The van der Waals surface area contributed by atoms with Gasteiger partial charge in [0.1, 0.15) is 0 Å². The number of amides is 2. The van der Waals surface area contributed by atoms with Crippen LogP contribution in [0.1, 0.15) is 55.8 Å². The standard InChI is InChI=1S/C46H50N6O2/c1-31-15-19-35(20-16-31)43-33(3)41(37-11-5-7-13-39(37)49-43)45(53)47-23-9-25-51-27-29-52(30-28-51)26-10-24-48-46(54)42-34(4)44(36-21-17-32(2)18-22-36)50-40-14-8-6-12-38(40)42/h5-8,11-22H,9-10,23-30H2,1-4H3,(H,47,53)(H,48,54). The number of carbonyl (C=O) groups is 2. The predicted octanol–water partition coefficient (Wildman–Crippen LogP) is 7.91. The Hall–Kier alpha value is -5.44. The zero-order valence-electron chi connectivity index (χ0n) is 31.9. The lowest BCUT2D eigenvalue weighted by molar-refractivity contribution is 0.0935. The van der Waals surface area contributed by atoms with E-state index in [1.54, 1.807) is 0 Å². The maximum atomic E-state index is 13.6. The summed E-state index contributed by atoms with van der Waals surface area (Å²) in [5, 5.41) is 8.18. The van der Waals surface area contributed by atoms with Crippen molar-refractivity contribution in [2.75, 3.05) is 52.4 Å². The van der Waals surface area contributed by atoms with E-state index in [9.17, 15) is 9.59 Å². The molecular formula is C46H50N6O2. The van der Waals surface area contributed by atoms with Gasteiger partial charge in [-0.05, 0) is 76.9 Å². The minimum absolute atomic E-state index is 0.0460. The van der Waals surface area contributed by atoms with Crippen molar-refractivity contribution >= 4 is 33.6 Å². The van der Waals surface area contributed by atoms with Crippen molar-refractivity contribution < 1.29 is 9.59 Å². The summed E-state index contributed by atoms with van der Waals surface area (Å²) in [5.41, 5.74) is 11.0. The lowest BCUT2D eigenvalue weighted by atomic mass is 9.96. The molecule has 2 N–H and O–H groups in total. The predicted molar refractivity (Wildman–Crippen MR) is 220 cm³/mol. The summed E-state index contributed by atoms with van der Waals surface area (Å²) in [4.78, 5) is 42.1. The molecule has 8 nitrogen and oxygen atoms in total. The van der Waals surface area contributed by atoms with Gasteiger partial charge in [-0.25, -0.2) is 9.97 Å². The third kappa shape index (κ3) is 8.20. The zero-order valence-corrected chi connectivity index (χ0v) is 31.9.